The number of para-hydroxylation sites is 1. The molecule has 0 radical (unpaired) electrons. The van der Waals surface area contributed by atoms with E-state index < -0.39 is 0 Å². The molecular formula is C22H31N2O2+. The topological polar surface area (TPSA) is 42.8 Å². The van der Waals surface area contributed by atoms with Gasteiger partial charge in [-0.2, -0.15) is 0 Å². The number of anilines is 1. The molecule has 0 fully saturated rings. The summed E-state index contributed by atoms with van der Waals surface area (Å²) >= 11 is 0. The predicted octanol–water partition coefficient (Wildman–Crippen LogP) is 2.84. The summed E-state index contributed by atoms with van der Waals surface area (Å²) in [7, 11) is 2.04. The third-order valence-corrected chi connectivity index (χ3v) is 4.56. The van der Waals surface area contributed by atoms with Crippen molar-refractivity contribution in [2.75, 3.05) is 32.1 Å². The maximum absolute atomic E-state index is 12.3. The molecule has 0 spiro atoms. The molecule has 0 aromatic heterocycles. The van der Waals surface area contributed by atoms with Crippen LogP contribution in [0.3, 0.4) is 0 Å². The van der Waals surface area contributed by atoms with E-state index in [1.165, 1.54) is 10.5 Å². The van der Waals surface area contributed by atoms with Crippen molar-refractivity contribution in [2.45, 2.75) is 34.1 Å². The molecule has 0 heterocycles. The lowest BCUT2D eigenvalue weighted by atomic mass is 10.1. The second-order valence-electron chi connectivity index (χ2n) is 7.17. The Morgan fingerprint density at radius 3 is 2.42 bits per heavy atom. The fourth-order valence-corrected chi connectivity index (χ4v) is 2.98. The molecule has 4 heteroatoms. The summed E-state index contributed by atoms with van der Waals surface area (Å²) in [6.45, 7) is 10.2. The molecule has 4 nitrogen and oxygen atoms in total. The first-order valence-corrected chi connectivity index (χ1v) is 9.24. The van der Waals surface area contributed by atoms with E-state index in [-0.39, 0.29) is 5.91 Å². The number of hydrogen-bond donors (Lipinski definition) is 2. The molecule has 0 saturated carbocycles. The van der Waals surface area contributed by atoms with Crippen LogP contribution >= 0.6 is 0 Å². The predicted molar refractivity (Wildman–Crippen MR) is 107 cm³/mol. The summed E-state index contributed by atoms with van der Waals surface area (Å²) in [5, 5.41) is 3.05. The third kappa shape index (κ3) is 5.88. The highest BCUT2D eigenvalue weighted by Gasteiger charge is 2.12. The Balaban J connectivity index is 1.74. The number of hydrogen-bond acceptors (Lipinski definition) is 2. The Hall–Kier alpha value is -2.33. The van der Waals surface area contributed by atoms with Crippen molar-refractivity contribution in [3.05, 3.63) is 58.7 Å². The van der Waals surface area contributed by atoms with Crippen LogP contribution in [-0.4, -0.2) is 32.7 Å². The smallest absolute Gasteiger partial charge is 0.279 e. The number of amides is 1. The van der Waals surface area contributed by atoms with E-state index in [1.54, 1.807) is 0 Å². The van der Waals surface area contributed by atoms with Gasteiger partial charge >= 0.3 is 0 Å². The summed E-state index contributed by atoms with van der Waals surface area (Å²) in [6, 6.07) is 12.3. The van der Waals surface area contributed by atoms with Crippen LogP contribution in [0.5, 0.6) is 5.75 Å². The van der Waals surface area contributed by atoms with E-state index in [9.17, 15) is 4.79 Å². The average molecular weight is 356 g/mol. The number of benzene rings is 2. The number of rotatable bonds is 8. The van der Waals surface area contributed by atoms with Crippen LogP contribution < -0.4 is 15.0 Å². The molecule has 2 aromatic carbocycles. The lowest BCUT2D eigenvalue weighted by Gasteiger charge is -2.16. The van der Waals surface area contributed by atoms with Crippen molar-refractivity contribution in [3.63, 3.8) is 0 Å². The van der Waals surface area contributed by atoms with Crippen LogP contribution in [0.2, 0.25) is 0 Å². The molecule has 1 atom stereocenters. The van der Waals surface area contributed by atoms with Crippen LogP contribution in [0.4, 0.5) is 5.69 Å². The van der Waals surface area contributed by atoms with Gasteiger partial charge < -0.3 is 15.0 Å². The minimum Gasteiger partial charge on any atom is -0.493 e. The summed E-state index contributed by atoms with van der Waals surface area (Å²) in [6.07, 6.45) is 0.913. The molecule has 26 heavy (non-hydrogen) atoms. The molecule has 2 N–H and O–H groups in total. The van der Waals surface area contributed by atoms with Crippen LogP contribution in [0.25, 0.3) is 0 Å². The first-order chi connectivity index (χ1) is 12.4. The molecular weight excluding hydrogens is 324 g/mol. The fraction of sp³-hybridized carbons (Fsp3) is 0.409. The van der Waals surface area contributed by atoms with Crippen LogP contribution in [0.1, 0.15) is 28.7 Å². The summed E-state index contributed by atoms with van der Waals surface area (Å²) in [5.41, 5.74) is 5.49. The minimum atomic E-state index is 0.0512. The lowest BCUT2D eigenvalue weighted by molar-refractivity contribution is -0.871. The molecule has 0 aliphatic heterocycles. The van der Waals surface area contributed by atoms with E-state index in [1.807, 2.05) is 39.1 Å². The van der Waals surface area contributed by atoms with Crippen molar-refractivity contribution in [2.24, 2.45) is 0 Å². The molecule has 140 valence electrons. The van der Waals surface area contributed by atoms with Gasteiger partial charge in [-0.25, -0.2) is 0 Å². The van der Waals surface area contributed by atoms with Crippen molar-refractivity contribution in [1.82, 2.24) is 0 Å². The monoisotopic (exact) mass is 355 g/mol. The van der Waals surface area contributed by atoms with E-state index in [4.69, 9.17) is 4.74 Å². The summed E-state index contributed by atoms with van der Waals surface area (Å²) in [4.78, 5) is 13.5. The van der Waals surface area contributed by atoms with Gasteiger partial charge in [0.15, 0.2) is 6.54 Å². The number of quaternary nitrogens is 1. The van der Waals surface area contributed by atoms with Gasteiger partial charge in [0.2, 0.25) is 0 Å². The van der Waals surface area contributed by atoms with E-state index >= 15 is 0 Å². The maximum Gasteiger partial charge on any atom is 0.279 e. The van der Waals surface area contributed by atoms with Gasteiger partial charge in [-0.15, -0.1) is 0 Å². The highest BCUT2D eigenvalue weighted by atomic mass is 16.5. The number of nitrogens with one attached hydrogen (secondary N) is 2. The number of likely N-dealkylation sites (N-methyl/N-ethyl adjacent to an activating group) is 1. The van der Waals surface area contributed by atoms with E-state index in [0.717, 1.165) is 41.1 Å². The SMILES string of the molecule is Cc1ccc(C)c(OCCC[NH+](C)CC(=O)Nc2c(C)cccc2C)c1. The molecule has 0 aliphatic rings. The standard InChI is InChI=1S/C22H30N2O2/c1-16-10-11-17(2)20(14-16)26-13-7-12-24(5)15-21(25)23-22-18(3)8-6-9-19(22)4/h6,8-11,14H,7,12-13,15H2,1-5H3,(H,23,25)/p+1. The van der Waals surface area contributed by atoms with Gasteiger partial charge in [0.25, 0.3) is 5.91 Å². The van der Waals surface area contributed by atoms with Gasteiger partial charge in [-0.1, -0.05) is 30.3 Å². The molecule has 0 saturated heterocycles. The Kier molecular flexibility index (Phi) is 7.22. The minimum absolute atomic E-state index is 0.0512. The molecule has 2 aromatic rings. The third-order valence-electron chi connectivity index (χ3n) is 4.56. The van der Waals surface area contributed by atoms with Crippen molar-refractivity contribution < 1.29 is 14.4 Å². The van der Waals surface area contributed by atoms with Crippen LogP contribution in [0, 0.1) is 27.7 Å². The van der Waals surface area contributed by atoms with Crippen molar-refractivity contribution >= 4 is 11.6 Å². The molecule has 0 bridgehead atoms. The zero-order valence-electron chi connectivity index (χ0n) is 16.6. The van der Waals surface area contributed by atoms with Crippen LogP contribution in [0.15, 0.2) is 36.4 Å². The van der Waals surface area contributed by atoms with Gasteiger partial charge in [-0.3, -0.25) is 4.79 Å². The zero-order valence-corrected chi connectivity index (χ0v) is 16.6. The number of aryl methyl sites for hydroxylation is 4. The first kappa shape index (κ1) is 20.0. The Morgan fingerprint density at radius 2 is 1.73 bits per heavy atom. The van der Waals surface area contributed by atoms with Crippen molar-refractivity contribution in [1.29, 1.82) is 0 Å². The Morgan fingerprint density at radius 1 is 1.04 bits per heavy atom. The van der Waals surface area contributed by atoms with Gasteiger partial charge in [0.1, 0.15) is 5.75 Å². The Bertz CT molecular complexity index is 736. The van der Waals surface area contributed by atoms with E-state index in [2.05, 4.69) is 37.4 Å². The molecule has 1 unspecified atom stereocenters. The summed E-state index contributed by atoms with van der Waals surface area (Å²) < 4.78 is 5.89. The summed E-state index contributed by atoms with van der Waals surface area (Å²) in [5.74, 6) is 1.01. The lowest BCUT2D eigenvalue weighted by Crippen LogP contribution is -3.10. The number of carbonyl (C=O) groups is 1. The van der Waals surface area contributed by atoms with Crippen LogP contribution in [-0.2, 0) is 4.79 Å². The largest absolute Gasteiger partial charge is 0.493 e. The highest BCUT2D eigenvalue weighted by Crippen LogP contribution is 2.19. The molecule has 2 rings (SSSR count). The highest BCUT2D eigenvalue weighted by molar-refractivity contribution is 5.93. The normalized spacial score (nSPS) is 11.9. The fourth-order valence-electron chi connectivity index (χ4n) is 2.98. The average Bonchev–Trinajstić information content (AvgIpc) is 2.58. The Labute approximate surface area is 157 Å². The maximum atomic E-state index is 12.3. The zero-order chi connectivity index (χ0) is 19.1. The number of carbonyl (C=O) groups excluding carboxylic acids is 1. The molecule has 1 amide bonds. The quantitative estimate of drug-likeness (QED) is 0.715. The first-order valence-electron chi connectivity index (χ1n) is 9.24. The second-order valence-corrected chi connectivity index (χ2v) is 7.17. The molecule has 0 aliphatic carbocycles. The van der Waals surface area contributed by atoms with E-state index in [0.29, 0.717) is 13.2 Å². The van der Waals surface area contributed by atoms with Gasteiger partial charge in [-0.05, 0) is 56.0 Å². The van der Waals surface area contributed by atoms with Gasteiger partial charge in [0, 0.05) is 12.1 Å². The van der Waals surface area contributed by atoms with Gasteiger partial charge in [0.05, 0.1) is 20.2 Å². The number of ether oxygens (including phenoxy) is 1. The second kappa shape index (κ2) is 9.39. The van der Waals surface area contributed by atoms with Crippen molar-refractivity contribution in [3.8, 4) is 5.75 Å².